The molecule has 21 heavy (non-hydrogen) atoms. The van der Waals surface area contributed by atoms with Gasteiger partial charge < -0.3 is 14.2 Å². The lowest BCUT2D eigenvalue weighted by atomic mass is 10.1. The van der Waals surface area contributed by atoms with Crippen molar-refractivity contribution in [1.29, 1.82) is 0 Å². The molecule has 0 bridgehead atoms. The maximum Gasteiger partial charge on any atom is 0.411 e. The van der Waals surface area contributed by atoms with Gasteiger partial charge in [-0.25, -0.2) is 14.4 Å². The van der Waals surface area contributed by atoms with Gasteiger partial charge in [0.05, 0.1) is 31.5 Å². The highest BCUT2D eigenvalue weighted by atomic mass is 16.5. The number of nitrogens with one attached hydrogen (secondary N) is 1. The van der Waals surface area contributed by atoms with Crippen LogP contribution < -0.4 is 5.32 Å². The minimum Gasteiger partial charge on any atom is -0.462 e. The summed E-state index contributed by atoms with van der Waals surface area (Å²) in [4.78, 5) is 34.8. The van der Waals surface area contributed by atoms with E-state index >= 15 is 0 Å². The van der Waals surface area contributed by atoms with Crippen LogP contribution in [-0.4, -0.2) is 38.4 Å². The molecule has 0 radical (unpaired) electrons. The van der Waals surface area contributed by atoms with E-state index in [-0.39, 0.29) is 30.0 Å². The number of carbonyl (C=O) groups is 3. The Hall–Kier alpha value is -2.57. The van der Waals surface area contributed by atoms with Gasteiger partial charge in [-0.05, 0) is 32.0 Å². The third-order valence-corrected chi connectivity index (χ3v) is 2.39. The van der Waals surface area contributed by atoms with Gasteiger partial charge in [0.15, 0.2) is 0 Å². The van der Waals surface area contributed by atoms with Gasteiger partial charge in [-0.1, -0.05) is 0 Å². The van der Waals surface area contributed by atoms with Crippen molar-refractivity contribution in [2.24, 2.45) is 0 Å². The fourth-order valence-electron chi connectivity index (χ4n) is 1.53. The lowest BCUT2D eigenvalue weighted by Gasteiger charge is -2.09. The van der Waals surface area contributed by atoms with Crippen LogP contribution in [0.4, 0.5) is 10.5 Å². The Morgan fingerprint density at radius 2 is 1.43 bits per heavy atom. The lowest BCUT2D eigenvalue weighted by molar-refractivity contribution is 0.0525. The van der Waals surface area contributed by atoms with E-state index in [4.69, 9.17) is 9.47 Å². The second kappa shape index (κ2) is 7.88. The average molecular weight is 295 g/mol. The van der Waals surface area contributed by atoms with Crippen LogP contribution in [0.5, 0.6) is 0 Å². The Kier molecular flexibility index (Phi) is 6.19. The Bertz CT molecular complexity index is 504. The highest BCUT2D eigenvalue weighted by Gasteiger charge is 2.15. The van der Waals surface area contributed by atoms with Crippen molar-refractivity contribution in [3.63, 3.8) is 0 Å². The quantitative estimate of drug-likeness (QED) is 0.661. The molecule has 0 unspecified atom stereocenters. The van der Waals surface area contributed by atoms with Crippen molar-refractivity contribution in [2.75, 3.05) is 25.6 Å². The summed E-state index contributed by atoms with van der Waals surface area (Å²) in [6.45, 7) is 3.73. The van der Waals surface area contributed by atoms with Crippen molar-refractivity contribution in [3.8, 4) is 0 Å². The van der Waals surface area contributed by atoms with Gasteiger partial charge in [-0.2, -0.15) is 0 Å². The molecule has 0 aliphatic carbocycles. The number of carbonyl (C=O) groups excluding carboxylic acids is 3. The van der Waals surface area contributed by atoms with Gasteiger partial charge in [0.25, 0.3) is 0 Å². The van der Waals surface area contributed by atoms with Gasteiger partial charge in [-0.3, -0.25) is 5.32 Å². The molecular formula is C14H17NO6. The summed E-state index contributed by atoms with van der Waals surface area (Å²) < 4.78 is 14.2. The predicted octanol–water partition coefficient (Wildman–Crippen LogP) is 2.22. The summed E-state index contributed by atoms with van der Waals surface area (Å²) in [6.07, 6.45) is -0.717. The zero-order valence-corrected chi connectivity index (χ0v) is 12.1. The van der Waals surface area contributed by atoms with Gasteiger partial charge in [0.1, 0.15) is 0 Å². The largest absolute Gasteiger partial charge is 0.462 e. The van der Waals surface area contributed by atoms with Crippen molar-refractivity contribution in [1.82, 2.24) is 0 Å². The standard InChI is InChI=1S/C14H17NO6/c1-4-20-12(16)9-6-10(13(17)21-5-2)8-11(7-9)15-14(18)19-3/h6-8H,4-5H2,1-3H3,(H,15,18). The van der Waals surface area contributed by atoms with Crippen molar-refractivity contribution < 1.29 is 28.6 Å². The smallest absolute Gasteiger partial charge is 0.411 e. The monoisotopic (exact) mass is 295 g/mol. The van der Waals surface area contributed by atoms with E-state index in [1.54, 1.807) is 13.8 Å². The maximum atomic E-state index is 11.8. The number of hydrogen-bond acceptors (Lipinski definition) is 6. The van der Waals surface area contributed by atoms with E-state index in [2.05, 4.69) is 10.1 Å². The summed E-state index contributed by atoms with van der Waals surface area (Å²) >= 11 is 0. The summed E-state index contributed by atoms with van der Waals surface area (Å²) in [5, 5.41) is 2.39. The minimum atomic E-state index is -0.717. The molecule has 0 aromatic heterocycles. The molecule has 0 heterocycles. The fraction of sp³-hybridized carbons (Fsp3) is 0.357. The van der Waals surface area contributed by atoms with Crippen LogP contribution >= 0.6 is 0 Å². The van der Waals surface area contributed by atoms with Gasteiger partial charge in [-0.15, -0.1) is 0 Å². The molecule has 0 aliphatic heterocycles. The van der Waals surface area contributed by atoms with E-state index in [1.807, 2.05) is 0 Å². The van der Waals surface area contributed by atoms with E-state index < -0.39 is 18.0 Å². The third kappa shape index (κ3) is 4.79. The van der Waals surface area contributed by atoms with Gasteiger partial charge in [0, 0.05) is 5.69 Å². The second-order valence-corrected chi connectivity index (χ2v) is 3.86. The summed E-state index contributed by atoms with van der Waals surface area (Å²) in [6, 6.07) is 4.12. The molecule has 0 spiro atoms. The SMILES string of the molecule is CCOC(=O)c1cc(NC(=O)OC)cc(C(=O)OCC)c1. The third-order valence-electron chi connectivity index (χ3n) is 2.39. The topological polar surface area (TPSA) is 90.9 Å². The summed E-state index contributed by atoms with van der Waals surface area (Å²) in [5.74, 6) is -1.20. The van der Waals surface area contributed by atoms with Gasteiger partial charge in [0.2, 0.25) is 0 Å². The van der Waals surface area contributed by atoms with E-state index in [1.165, 1.54) is 25.3 Å². The van der Waals surface area contributed by atoms with Crippen LogP contribution in [0, 0.1) is 0 Å². The molecule has 0 atom stereocenters. The molecule has 1 aromatic rings. The molecule has 7 nitrogen and oxygen atoms in total. The molecular weight excluding hydrogens is 278 g/mol. The number of benzene rings is 1. The molecule has 0 fully saturated rings. The summed E-state index contributed by atoms with van der Waals surface area (Å²) in [7, 11) is 1.21. The number of rotatable bonds is 5. The molecule has 0 saturated heterocycles. The predicted molar refractivity (Wildman–Crippen MR) is 74.4 cm³/mol. The number of amides is 1. The van der Waals surface area contributed by atoms with Crippen LogP contribution in [0.25, 0.3) is 0 Å². The first-order valence-electron chi connectivity index (χ1n) is 6.36. The lowest BCUT2D eigenvalue weighted by Crippen LogP contribution is -2.14. The zero-order chi connectivity index (χ0) is 15.8. The van der Waals surface area contributed by atoms with Crippen LogP contribution in [0.1, 0.15) is 34.6 Å². The van der Waals surface area contributed by atoms with Crippen LogP contribution in [0.15, 0.2) is 18.2 Å². The minimum absolute atomic E-state index is 0.133. The molecule has 114 valence electrons. The van der Waals surface area contributed by atoms with Crippen LogP contribution in [-0.2, 0) is 14.2 Å². The van der Waals surface area contributed by atoms with E-state index in [0.29, 0.717) is 0 Å². The second-order valence-electron chi connectivity index (χ2n) is 3.86. The average Bonchev–Trinajstić information content (AvgIpc) is 2.47. The molecule has 1 aromatic carbocycles. The zero-order valence-electron chi connectivity index (χ0n) is 12.1. The van der Waals surface area contributed by atoms with E-state index in [9.17, 15) is 14.4 Å². The molecule has 7 heteroatoms. The normalized spacial score (nSPS) is 9.67. The highest BCUT2D eigenvalue weighted by molar-refractivity contribution is 5.98. The first-order chi connectivity index (χ1) is 10.0. The first-order valence-corrected chi connectivity index (χ1v) is 6.36. The fourth-order valence-corrected chi connectivity index (χ4v) is 1.53. The Morgan fingerprint density at radius 1 is 0.952 bits per heavy atom. The molecule has 1 N–H and O–H groups in total. The maximum absolute atomic E-state index is 11.8. The van der Waals surface area contributed by atoms with Crippen LogP contribution in [0.2, 0.25) is 0 Å². The highest BCUT2D eigenvalue weighted by Crippen LogP contribution is 2.17. The molecule has 1 rings (SSSR count). The first kappa shape index (κ1) is 16.5. The Balaban J connectivity index is 3.15. The van der Waals surface area contributed by atoms with Crippen molar-refractivity contribution in [3.05, 3.63) is 29.3 Å². The van der Waals surface area contributed by atoms with Crippen molar-refractivity contribution in [2.45, 2.75) is 13.8 Å². The van der Waals surface area contributed by atoms with Crippen molar-refractivity contribution >= 4 is 23.7 Å². The van der Waals surface area contributed by atoms with E-state index in [0.717, 1.165) is 0 Å². The number of ether oxygens (including phenoxy) is 3. The Morgan fingerprint density at radius 3 is 1.81 bits per heavy atom. The molecule has 1 amide bonds. The number of anilines is 1. The van der Waals surface area contributed by atoms with Gasteiger partial charge >= 0.3 is 18.0 Å². The van der Waals surface area contributed by atoms with Crippen LogP contribution in [0.3, 0.4) is 0 Å². The molecule has 0 saturated carbocycles. The Labute approximate surface area is 122 Å². The molecule has 0 aliphatic rings. The summed E-state index contributed by atoms with van der Waals surface area (Å²) in [5.41, 5.74) is 0.498. The number of hydrogen-bond donors (Lipinski definition) is 1. The number of esters is 2. The number of methoxy groups -OCH3 is 1.